The molecule has 0 radical (unpaired) electrons. The number of ether oxygens (including phenoxy) is 1. The molecule has 0 aliphatic carbocycles. The number of carbonyl (C=O) groups excluding carboxylic acids is 1. The van der Waals surface area contributed by atoms with Gasteiger partial charge in [-0.05, 0) is 32.4 Å². The first kappa shape index (κ1) is 23.0. The van der Waals surface area contributed by atoms with Crippen LogP contribution in [0.3, 0.4) is 0 Å². The van der Waals surface area contributed by atoms with Crippen molar-refractivity contribution >= 4 is 34.1 Å². The standard InChI is InChI=1S/C24H25N5O2S2/c1-15-10-11-20(16(2)12-15)31-17(3)22-27-28-24(29(22)4)33-14-21(30)26-23-25-19(13-32-23)18-8-6-5-7-9-18/h5-13,17H,14H2,1-4H3,(H,25,26,30). The molecule has 1 atom stereocenters. The summed E-state index contributed by atoms with van der Waals surface area (Å²) in [5, 5.41) is 14.5. The highest BCUT2D eigenvalue weighted by Crippen LogP contribution is 2.27. The molecule has 0 fully saturated rings. The summed E-state index contributed by atoms with van der Waals surface area (Å²) >= 11 is 2.73. The molecule has 1 N–H and O–H groups in total. The summed E-state index contributed by atoms with van der Waals surface area (Å²) < 4.78 is 7.97. The third-order valence-electron chi connectivity index (χ3n) is 5.02. The van der Waals surface area contributed by atoms with Crippen molar-refractivity contribution in [1.29, 1.82) is 0 Å². The number of hydrogen-bond donors (Lipinski definition) is 1. The molecule has 170 valence electrons. The van der Waals surface area contributed by atoms with Crippen molar-refractivity contribution in [1.82, 2.24) is 19.7 Å². The molecule has 33 heavy (non-hydrogen) atoms. The van der Waals surface area contributed by atoms with Gasteiger partial charge in [0, 0.05) is 18.0 Å². The summed E-state index contributed by atoms with van der Waals surface area (Å²) in [5.41, 5.74) is 4.14. The fraction of sp³-hybridized carbons (Fsp3) is 0.250. The second-order valence-electron chi connectivity index (χ2n) is 7.67. The van der Waals surface area contributed by atoms with Crippen LogP contribution in [0.2, 0.25) is 0 Å². The lowest BCUT2D eigenvalue weighted by Crippen LogP contribution is -2.14. The molecule has 0 bridgehead atoms. The zero-order valence-electron chi connectivity index (χ0n) is 18.9. The van der Waals surface area contributed by atoms with E-state index in [-0.39, 0.29) is 17.8 Å². The van der Waals surface area contributed by atoms with Gasteiger partial charge in [-0.2, -0.15) is 0 Å². The lowest BCUT2D eigenvalue weighted by molar-refractivity contribution is -0.113. The van der Waals surface area contributed by atoms with Crippen LogP contribution in [0.4, 0.5) is 5.13 Å². The van der Waals surface area contributed by atoms with Gasteiger partial charge in [0.15, 0.2) is 22.2 Å². The van der Waals surface area contributed by atoms with Crippen LogP contribution in [0.1, 0.15) is 30.0 Å². The van der Waals surface area contributed by atoms with Gasteiger partial charge < -0.3 is 14.6 Å². The summed E-state index contributed by atoms with van der Waals surface area (Å²) in [6.45, 7) is 6.02. The second kappa shape index (κ2) is 10.2. The Morgan fingerprint density at radius 3 is 2.73 bits per heavy atom. The highest BCUT2D eigenvalue weighted by Gasteiger charge is 2.19. The Kier molecular flexibility index (Phi) is 7.10. The lowest BCUT2D eigenvalue weighted by Gasteiger charge is -2.16. The number of anilines is 1. The Balaban J connectivity index is 1.33. The molecule has 2 aromatic heterocycles. The number of hydrogen-bond acceptors (Lipinski definition) is 7. The number of thioether (sulfide) groups is 1. The SMILES string of the molecule is Cc1ccc(OC(C)c2nnc(SCC(=O)Nc3nc(-c4ccccc4)cs3)n2C)c(C)c1. The first-order chi connectivity index (χ1) is 15.9. The van der Waals surface area contributed by atoms with Crippen LogP contribution < -0.4 is 10.1 Å². The monoisotopic (exact) mass is 479 g/mol. The normalized spacial score (nSPS) is 11.9. The topological polar surface area (TPSA) is 81.9 Å². The third kappa shape index (κ3) is 5.61. The van der Waals surface area contributed by atoms with E-state index in [9.17, 15) is 4.79 Å². The van der Waals surface area contributed by atoms with Gasteiger partial charge in [0.1, 0.15) is 5.75 Å². The Bertz CT molecular complexity index is 1250. The highest BCUT2D eigenvalue weighted by atomic mass is 32.2. The van der Waals surface area contributed by atoms with E-state index >= 15 is 0 Å². The third-order valence-corrected chi connectivity index (χ3v) is 6.80. The van der Waals surface area contributed by atoms with Gasteiger partial charge in [-0.15, -0.1) is 21.5 Å². The van der Waals surface area contributed by atoms with Crippen molar-refractivity contribution < 1.29 is 9.53 Å². The number of aromatic nitrogens is 4. The summed E-state index contributed by atoms with van der Waals surface area (Å²) in [4.78, 5) is 16.9. The zero-order chi connectivity index (χ0) is 23.4. The molecule has 0 saturated heterocycles. The molecule has 9 heteroatoms. The zero-order valence-corrected chi connectivity index (χ0v) is 20.5. The first-order valence-corrected chi connectivity index (χ1v) is 12.3. The van der Waals surface area contributed by atoms with Crippen LogP contribution in [0, 0.1) is 13.8 Å². The van der Waals surface area contributed by atoms with Gasteiger partial charge in [0.05, 0.1) is 11.4 Å². The smallest absolute Gasteiger partial charge is 0.236 e. The first-order valence-electron chi connectivity index (χ1n) is 10.5. The predicted octanol–water partition coefficient (Wildman–Crippen LogP) is 5.43. The molecular weight excluding hydrogens is 454 g/mol. The molecule has 4 rings (SSSR count). The van der Waals surface area contributed by atoms with Crippen LogP contribution in [0.15, 0.2) is 59.1 Å². The van der Waals surface area contributed by atoms with E-state index in [1.807, 2.05) is 73.3 Å². The number of aryl methyl sites for hydroxylation is 2. The number of rotatable bonds is 8. The van der Waals surface area contributed by atoms with Crippen LogP contribution in [0.5, 0.6) is 5.75 Å². The largest absolute Gasteiger partial charge is 0.482 e. The quantitative estimate of drug-likeness (QED) is 0.340. The minimum absolute atomic E-state index is 0.141. The highest BCUT2D eigenvalue weighted by molar-refractivity contribution is 7.99. The molecule has 2 heterocycles. The molecule has 4 aromatic rings. The summed E-state index contributed by atoms with van der Waals surface area (Å²) in [7, 11) is 1.88. The van der Waals surface area contributed by atoms with Crippen LogP contribution >= 0.6 is 23.1 Å². The second-order valence-corrected chi connectivity index (χ2v) is 9.47. The molecule has 0 aliphatic rings. The van der Waals surface area contributed by atoms with Gasteiger partial charge in [-0.25, -0.2) is 4.98 Å². The van der Waals surface area contributed by atoms with Crippen molar-refractivity contribution in [3.63, 3.8) is 0 Å². The average Bonchev–Trinajstić information content (AvgIpc) is 3.41. The number of nitrogens with zero attached hydrogens (tertiary/aromatic N) is 4. The number of carbonyl (C=O) groups is 1. The van der Waals surface area contributed by atoms with E-state index in [2.05, 4.69) is 33.5 Å². The molecule has 0 saturated carbocycles. The molecule has 2 aromatic carbocycles. The average molecular weight is 480 g/mol. The Morgan fingerprint density at radius 2 is 1.97 bits per heavy atom. The van der Waals surface area contributed by atoms with Crippen LogP contribution in [-0.2, 0) is 11.8 Å². The van der Waals surface area contributed by atoms with Gasteiger partial charge >= 0.3 is 0 Å². The number of benzene rings is 2. The molecule has 1 unspecified atom stereocenters. The van der Waals surface area contributed by atoms with Crippen molar-refractivity contribution in [2.75, 3.05) is 11.1 Å². The fourth-order valence-electron chi connectivity index (χ4n) is 3.34. The summed E-state index contributed by atoms with van der Waals surface area (Å²) in [5.74, 6) is 1.59. The Labute approximate surface area is 201 Å². The number of thiazole rings is 1. The minimum Gasteiger partial charge on any atom is -0.482 e. The lowest BCUT2D eigenvalue weighted by atomic mass is 10.1. The van der Waals surface area contributed by atoms with E-state index < -0.39 is 0 Å². The number of nitrogens with one attached hydrogen (secondary N) is 1. The fourth-order valence-corrected chi connectivity index (χ4v) is 4.79. The van der Waals surface area contributed by atoms with Gasteiger partial charge in [-0.3, -0.25) is 4.79 Å². The Hall–Kier alpha value is -3.17. The maximum atomic E-state index is 12.4. The van der Waals surface area contributed by atoms with E-state index in [0.29, 0.717) is 16.1 Å². The van der Waals surface area contributed by atoms with E-state index in [0.717, 1.165) is 22.6 Å². The van der Waals surface area contributed by atoms with Crippen LogP contribution in [-0.4, -0.2) is 31.4 Å². The van der Waals surface area contributed by atoms with E-state index in [4.69, 9.17) is 4.74 Å². The van der Waals surface area contributed by atoms with Crippen molar-refractivity contribution in [3.8, 4) is 17.0 Å². The minimum atomic E-state index is -0.279. The summed E-state index contributed by atoms with van der Waals surface area (Å²) in [6, 6.07) is 16.0. The Morgan fingerprint density at radius 1 is 1.18 bits per heavy atom. The molecule has 1 amide bonds. The maximum Gasteiger partial charge on any atom is 0.236 e. The molecule has 0 aliphatic heterocycles. The van der Waals surface area contributed by atoms with Gasteiger partial charge in [-0.1, -0.05) is 59.8 Å². The van der Waals surface area contributed by atoms with E-state index in [1.54, 1.807) is 0 Å². The van der Waals surface area contributed by atoms with Crippen LogP contribution in [0.25, 0.3) is 11.3 Å². The summed E-state index contributed by atoms with van der Waals surface area (Å²) in [6.07, 6.45) is -0.279. The van der Waals surface area contributed by atoms with Gasteiger partial charge in [0.25, 0.3) is 0 Å². The van der Waals surface area contributed by atoms with E-state index in [1.165, 1.54) is 28.7 Å². The van der Waals surface area contributed by atoms with Crippen molar-refractivity contribution in [2.45, 2.75) is 32.0 Å². The van der Waals surface area contributed by atoms with Crippen molar-refractivity contribution in [3.05, 3.63) is 70.9 Å². The molecular formula is C24H25N5O2S2. The van der Waals surface area contributed by atoms with Crippen molar-refractivity contribution in [2.24, 2.45) is 7.05 Å². The molecule has 7 nitrogen and oxygen atoms in total. The number of amides is 1. The molecule has 0 spiro atoms. The maximum absolute atomic E-state index is 12.4. The predicted molar refractivity (Wildman–Crippen MR) is 133 cm³/mol. The van der Waals surface area contributed by atoms with Gasteiger partial charge in [0.2, 0.25) is 5.91 Å².